The number of aryl methyl sites for hydroxylation is 2. The number of benzene rings is 1. The Morgan fingerprint density at radius 1 is 0.889 bits per heavy atom. The topological polar surface area (TPSA) is 32.9 Å². The highest BCUT2D eigenvalue weighted by Crippen LogP contribution is 2.39. The van der Waals surface area contributed by atoms with Gasteiger partial charge in [0.25, 0.3) is 0 Å². The van der Waals surface area contributed by atoms with Gasteiger partial charge in [-0.05, 0) is 40.9 Å². The van der Waals surface area contributed by atoms with E-state index < -0.39 is 0 Å². The van der Waals surface area contributed by atoms with Gasteiger partial charge in [0.15, 0.2) is 5.78 Å². The van der Waals surface area contributed by atoms with Gasteiger partial charge < -0.3 is 4.98 Å². The number of H-pyrrole nitrogens is 1. The van der Waals surface area contributed by atoms with Crippen LogP contribution in [-0.4, -0.2) is 10.8 Å². The number of aromatic nitrogens is 1. The summed E-state index contributed by atoms with van der Waals surface area (Å²) in [5, 5.41) is 1.54. The first-order valence-electron chi connectivity index (χ1n) is 9.13. The molecule has 2 nitrogen and oxygen atoms in total. The summed E-state index contributed by atoms with van der Waals surface area (Å²) in [6.45, 7) is 14.7. The Labute approximate surface area is 177 Å². The Balaban J connectivity index is 2.36. The van der Waals surface area contributed by atoms with Crippen LogP contribution < -0.4 is 0 Å². The maximum atomic E-state index is 12.6. The summed E-state index contributed by atoms with van der Waals surface area (Å²) < 4.78 is 0. The normalized spacial score (nSPS) is 12.5. The van der Waals surface area contributed by atoms with E-state index in [0.717, 1.165) is 21.7 Å². The highest BCUT2D eigenvalue weighted by atomic mass is 35.5. The third kappa shape index (κ3) is 4.91. The Morgan fingerprint density at radius 2 is 1.37 bits per heavy atom. The highest BCUT2D eigenvalue weighted by Gasteiger charge is 2.26. The van der Waals surface area contributed by atoms with Crippen molar-refractivity contribution in [2.45, 2.75) is 72.1 Å². The first-order valence-corrected chi connectivity index (χ1v) is 10.3. The molecule has 0 aliphatic heterocycles. The van der Waals surface area contributed by atoms with Gasteiger partial charge >= 0.3 is 0 Å². The number of carbonyl (C=O) groups is 1. The molecule has 5 heteroatoms. The molecule has 1 aromatic carbocycles. The average molecular weight is 429 g/mol. The maximum absolute atomic E-state index is 12.6. The van der Waals surface area contributed by atoms with Crippen molar-refractivity contribution in [1.82, 2.24) is 4.98 Å². The van der Waals surface area contributed by atoms with Crippen LogP contribution in [0.2, 0.25) is 15.1 Å². The van der Waals surface area contributed by atoms with Crippen molar-refractivity contribution >= 4 is 40.6 Å². The molecule has 0 aliphatic rings. The summed E-state index contributed by atoms with van der Waals surface area (Å²) in [6.07, 6.45) is 0.971. The first kappa shape index (κ1) is 22.3. The summed E-state index contributed by atoms with van der Waals surface area (Å²) in [5.74, 6) is -0.0421. The first-order chi connectivity index (χ1) is 12.2. The van der Waals surface area contributed by atoms with E-state index in [2.05, 4.69) is 58.7 Å². The zero-order valence-electron chi connectivity index (χ0n) is 17.1. The number of ketones is 1. The molecule has 0 aliphatic carbocycles. The molecule has 2 rings (SSSR count). The quantitative estimate of drug-likeness (QED) is 0.497. The van der Waals surface area contributed by atoms with E-state index in [1.807, 2.05) is 0 Å². The van der Waals surface area contributed by atoms with Gasteiger partial charge in [0.1, 0.15) is 5.69 Å². The van der Waals surface area contributed by atoms with Gasteiger partial charge in [-0.1, -0.05) is 88.5 Å². The van der Waals surface area contributed by atoms with Crippen LogP contribution in [0, 0.1) is 6.92 Å². The van der Waals surface area contributed by atoms with E-state index in [0.29, 0.717) is 34.3 Å². The number of Topliss-reactive ketones (excluding diaryl/α,β-unsaturated/α-hetero) is 1. The lowest BCUT2D eigenvalue weighted by Gasteiger charge is -2.28. The van der Waals surface area contributed by atoms with E-state index in [1.54, 1.807) is 6.92 Å². The monoisotopic (exact) mass is 427 g/mol. The fourth-order valence-corrected chi connectivity index (χ4v) is 4.18. The van der Waals surface area contributed by atoms with E-state index in [9.17, 15) is 4.79 Å². The summed E-state index contributed by atoms with van der Waals surface area (Å²) >= 11 is 19.0. The number of halogens is 3. The zero-order chi connectivity index (χ0) is 20.7. The van der Waals surface area contributed by atoms with E-state index in [4.69, 9.17) is 34.8 Å². The largest absolute Gasteiger partial charge is 0.354 e. The predicted octanol–water partition coefficient (Wildman–Crippen LogP) is 7.69. The molecular weight excluding hydrogens is 401 g/mol. The van der Waals surface area contributed by atoms with Crippen LogP contribution in [0.4, 0.5) is 0 Å². The number of nitrogens with one attached hydrogen (secondary N) is 1. The molecule has 0 amide bonds. The molecular formula is C22H28Cl3NO. The second-order valence-corrected chi connectivity index (χ2v) is 10.3. The summed E-state index contributed by atoms with van der Waals surface area (Å²) in [4.78, 5) is 15.6. The van der Waals surface area contributed by atoms with Crippen molar-refractivity contribution in [3.05, 3.63) is 55.3 Å². The average Bonchev–Trinajstić information content (AvgIpc) is 2.79. The lowest BCUT2D eigenvalue weighted by Crippen LogP contribution is -2.19. The molecule has 148 valence electrons. The number of hydrogen-bond acceptors (Lipinski definition) is 1. The number of rotatable bonds is 4. The van der Waals surface area contributed by atoms with Gasteiger partial charge in [-0.25, -0.2) is 0 Å². The van der Waals surface area contributed by atoms with Gasteiger partial charge in [-0.2, -0.15) is 0 Å². The van der Waals surface area contributed by atoms with Crippen LogP contribution in [0.3, 0.4) is 0 Å². The van der Waals surface area contributed by atoms with Crippen molar-refractivity contribution in [2.75, 3.05) is 0 Å². The summed E-state index contributed by atoms with van der Waals surface area (Å²) in [7, 11) is 0. The van der Waals surface area contributed by atoms with Crippen LogP contribution in [0.15, 0.2) is 12.1 Å². The number of aromatic amines is 1. The Bertz CT molecular complexity index is 832. The smallest absolute Gasteiger partial charge is 0.180 e. The number of hydrogen-bond donors (Lipinski definition) is 1. The number of carbonyl (C=O) groups excluding carboxylic acids is 1. The molecule has 0 saturated heterocycles. The molecule has 1 heterocycles. The second-order valence-electron chi connectivity index (χ2n) is 9.18. The standard InChI is InChI=1S/C22H28Cl3NO/c1-12-17(23)19(25)20(26-12)16(27)9-8-13-10-14(21(2,3)4)18(24)15(11-13)22(5,6)7/h10-11,26H,8-9H2,1-7H3. The molecule has 0 saturated carbocycles. The van der Waals surface area contributed by atoms with Gasteiger partial charge in [0.05, 0.1) is 10.0 Å². The van der Waals surface area contributed by atoms with Gasteiger partial charge in [0.2, 0.25) is 0 Å². The van der Waals surface area contributed by atoms with Crippen molar-refractivity contribution in [1.29, 1.82) is 0 Å². The van der Waals surface area contributed by atoms with Crippen LogP contribution in [0.25, 0.3) is 0 Å². The molecule has 1 aromatic heterocycles. The zero-order valence-corrected chi connectivity index (χ0v) is 19.4. The minimum absolute atomic E-state index is 0.0421. The van der Waals surface area contributed by atoms with E-state index >= 15 is 0 Å². The van der Waals surface area contributed by atoms with Crippen LogP contribution in [-0.2, 0) is 17.3 Å². The third-order valence-corrected chi connectivity index (χ3v) is 6.08. The predicted molar refractivity (Wildman–Crippen MR) is 117 cm³/mol. The molecule has 0 radical (unpaired) electrons. The Hall–Kier alpha value is -0.960. The van der Waals surface area contributed by atoms with Crippen molar-refractivity contribution in [2.24, 2.45) is 0 Å². The molecule has 0 bridgehead atoms. The molecule has 0 spiro atoms. The van der Waals surface area contributed by atoms with Gasteiger partial charge in [-0.15, -0.1) is 0 Å². The SMILES string of the molecule is Cc1[nH]c(C(=O)CCc2cc(C(C)(C)C)c(Cl)c(C(C)(C)C)c2)c(Cl)c1Cl. The van der Waals surface area contributed by atoms with Crippen LogP contribution >= 0.6 is 34.8 Å². The lowest BCUT2D eigenvalue weighted by molar-refractivity contribution is 0.0978. The van der Waals surface area contributed by atoms with Crippen molar-refractivity contribution in [3.63, 3.8) is 0 Å². The summed E-state index contributed by atoms with van der Waals surface area (Å²) in [6, 6.07) is 4.25. The maximum Gasteiger partial charge on any atom is 0.180 e. The third-order valence-electron chi connectivity index (χ3n) is 4.72. The Kier molecular flexibility index (Phi) is 6.46. The van der Waals surface area contributed by atoms with Crippen LogP contribution in [0.1, 0.15) is 80.8 Å². The van der Waals surface area contributed by atoms with Crippen LogP contribution in [0.5, 0.6) is 0 Å². The molecule has 27 heavy (non-hydrogen) atoms. The van der Waals surface area contributed by atoms with Crippen molar-refractivity contribution < 1.29 is 4.79 Å². The molecule has 0 fully saturated rings. The molecule has 1 N–H and O–H groups in total. The fraction of sp³-hybridized carbons (Fsp3) is 0.500. The van der Waals surface area contributed by atoms with E-state index in [1.165, 1.54) is 0 Å². The highest BCUT2D eigenvalue weighted by molar-refractivity contribution is 6.44. The summed E-state index contributed by atoms with van der Waals surface area (Å²) in [5.41, 5.74) is 4.26. The molecule has 2 aromatic rings. The molecule has 0 atom stereocenters. The molecule has 0 unspecified atom stereocenters. The lowest BCUT2D eigenvalue weighted by atomic mass is 9.79. The fourth-order valence-electron chi connectivity index (χ4n) is 3.07. The van der Waals surface area contributed by atoms with Gasteiger partial charge in [0, 0.05) is 17.1 Å². The Morgan fingerprint density at radius 3 is 1.74 bits per heavy atom. The minimum atomic E-state index is -0.0789. The minimum Gasteiger partial charge on any atom is -0.354 e. The second kappa shape index (κ2) is 7.81. The van der Waals surface area contributed by atoms with Gasteiger partial charge in [-0.3, -0.25) is 4.79 Å². The van der Waals surface area contributed by atoms with E-state index in [-0.39, 0.29) is 16.6 Å². The van der Waals surface area contributed by atoms with Crippen molar-refractivity contribution in [3.8, 4) is 0 Å².